The van der Waals surface area contributed by atoms with Gasteiger partial charge in [0.15, 0.2) is 5.69 Å². The van der Waals surface area contributed by atoms with Crippen molar-refractivity contribution in [3.8, 4) is 0 Å². The second-order valence-electron chi connectivity index (χ2n) is 5.42. The van der Waals surface area contributed by atoms with Gasteiger partial charge in [-0.2, -0.15) is 5.10 Å². The van der Waals surface area contributed by atoms with Crippen LogP contribution in [0, 0.1) is 17.0 Å². The van der Waals surface area contributed by atoms with Crippen LogP contribution in [0.1, 0.15) is 28.7 Å². The summed E-state index contributed by atoms with van der Waals surface area (Å²) in [5.41, 5.74) is 5.09. The average Bonchev–Trinajstić information content (AvgIpc) is 2.96. The summed E-state index contributed by atoms with van der Waals surface area (Å²) >= 11 is 0. The number of pyridine rings is 1. The third-order valence-electron chi connectivity index (χ3n) is 3.78. The molecule has 0 radical (unpaired) electrons. The van der Waals surface area contributed by atoms with Crippen LogP contribution in [0.2, 0.25) is 0 Å². The maximum atomic E-state index is 12.3. The third-order valence-corrected chi connectivity index (χ3v) is 3.78. The molecule has 0 aliphatic carbocycles. The van der Waals surface area contributed by atoms with Crippen LogP contribution in [0.15, 0.2) is 53.8 Å². The lowest BCUT2D eigenvalue weighted by Gasteiger charge is -2.02. The largest absolute Gasteiger partial charge is 0.304 e. The Bertz CT molecular complexity index is 1010. The summed E-state index contributed by atoms with van der Waals surface area (Å²) in [4.78, 5) is 27.0. The molecule has 126 valence electrons. The third kappa shape index (κ3) is 3.23. The maximum absolute atomic E-state index is 12.3. The van der Waals surface area contributed by atoms with Crippen LogP contribution in [0.25, 0.3) is 5.65 Å². The summed E-state index contributed by atoms with van der Waals surface area (Å²) in [6.45, 7) is 3.46. The van der Waals surface area contributed by atoms with Gasteiger partial charge in [0.2, 0.25) is 0 Å². The number of non-ortho nitro benzene ring substituents is 1. The molecule has 0 fully saturated rings. The molecule has 0 saturated heterocycles. The van der Waals surface area contributed by atoms with Gasteiger partial charge in [0.05, 0.1) is 16.3 Å². The van der Waals surface area contributed by atoms with E-state index in [-0.39, 0.29) is 11.4 Å². The molecule has 0 unspecified atom stereocenters. The van der Waals surface area contributed by atoms with E-state index in [0.717, 1.165) is 0 Å². The van der Waals surface area contributed by atoms with Crippen LogP contribution in [0.5, 0.6) is 0 Å². The number of rotatable bonds is 4. The van der Waals surface area contributed by atoms with E-state index < -0.39 is 10.8 Å². The number of imidazole rings is 1. The predicted octanol–water partition coefficient (Wildman–Crippen LogP) is 2.70. The Labute approximate surface area is 143 Å². The number of hydrazone groups is 1. The van der Waals surface area contributed by atoms with E-state index in [9.17, 15) is 14.9 Å². The first kappa shape index (κ1) is 16.3. The lowest BCUT2D eigenvalue weighted by atomic mass is 10.1. The number of aryl methyl sites for hydroxylation is 1. The van der Waals surface area contributed by atoms with Crippen LogP contribution in [-0.2, 0) is 0 Å². The molecule has 2 aromatic heterocycles. The topological polar surface area (TPSA) is 102 Å². The van der Waals surface area contributed by atoms with Crippen molar-refractivity contribution >= 4 is 23.0 Å². The number of nitrogens with one attached hydrogen (secondary N) is 1. The Morgan fingerprint density at radius 2 is 2.08 bits per heavy atom. The lowest BCUT2D eigenvalue weighted by Crippen LogP contribution is -2.20. The Hall–Kier alpha value is -3.55. The number of fused-ring (bicyclic) bond motifs is 1. The zero-order valence-corrected chi connectivity index (χ0v) is 13.6. The number of nitro groups is 1. The van der Waals surface area contributed by atoms with E-state index in [1.54, 1.807) is 32.0 Å². The minimum atomic E-state index is -0.477. The average molecular weight is 337 g/mol. The summed E-state index contributed by atoms with van der Waals surface area (Å²) in [7, 11) is 0. The highest BCUT2D eigenvalue weighted by Gasteiger charge is 2.15. The molecule has 25 heavy (non-hydrogen) atoms. The normalized spacial score (nSPS) is 11.5. The number of benzene rings is 1. The lowest BCUT2D eigenvalue weighted by molar-refractivity contribution is -0.384. The minimum absolute atomic E-state index is 0.0328. The van der Waals surface area contributed by atoms with Crippen molar-refractivity contribution in [1.29, 1.82) is 0 Å². The molecule has 3 aromatic rings. The quantitative estimate of drug-likeness (QED) is 0.449. The summed E-state index contributed by atoms with van der Waals surface area (Å²) < 4.78 is 1.81. The SMILES string of the molecule is CC(=NNC(=O)c1nc2ccccn2c1C)c1cccc([N+](=O)[O-])c1. The number of hydrogen-bond donors (Lipinski definition) is 1. The fourth-order valence-corrected chi connectivity index (χ4v) is 2.43. The van der Waals surface area contributed by atoms with E-state index >= 15 is 0 Å². The van der Waals surface area contributed by atoms with Gasteiger partial charge in [-0.15, -0.1) is 0 Å². The molecule has 0 aliphatic heterocycles. The maximum Gasteiger partial charge on any atom is 0.291 e. The predicted molar refractivity (Wildman–Crippen MR) is 92.7 cm³/mol. The molecule has 8 nitrogen and oxygen atoms in total. The van der Waals surface area contributed by atoms with Gasteiger partial charge in [0.1, 0.15) is 5.65 Å². The highest BCUT2D eigenvalue weighted by molar-refractivity contribution is 6.01. The van der Waals surface area contributed by atoms with Gasteiger partial charge in [0.25, 0.3) is 11.6 Å². The molecule has 0 spiro atoms. The van der Waals surface area contributed by atoms with Gasteiger partial charge in [-0.05, 0) is 26.0 Å². The molecular formula is C17H15N5O3. The number of carbonyl (C=O) groups excluding carboxylic acids is 1. The number of hydrogen-bond acceptors (Lipinski definition) is 5. The van der Waals surface area contributed by atoms with E-state index in [0.29, 0.717) is 22.6 Å². The number of nitro benzene ring substituents is 1. The first-order valence-corrected chi connectivity index (χ1v) is 7.50. The van der Waals surface area contributed by atoms with Crippen molar-refractivity contribution in [3.63, 3.8) is 0 Å². The van der Waals surface area contributed by atoms with Gasteiger partial charge < -0.3 is 4.40 Å². The Morgan fingerprint density at radius 3 is 2.80 bits per heavy atom. The molecule has 2 heterocycles. The highest BCUT2D eigenvalue weighted by atomic mass is 16.6. The molecule has 1 amide bonds. The van der Waals surface area contributed by atoms with E-state index in [2.05, 4.69) is 15.5 Å². The standard InChI is InChI=1S/C17H15N5O3/c1-11(13-6-5-7-14(10-13)22(24)25)19-20-17(23)16-12(2)21-9-4-3-8-15(21)18-16/h3-10H,1-2H3,(H,20,23). The molecule has 1 aromatic carbocycles. The number of nitrogens with zero attached hydrogens (tertiary/aromatic N) is 4. The molecule has 1 N–H and O–H groups in total. The van der Waals surface area contributed by atoms with Gasteiger partial charge in [-0.3, -0.25) is 14.9 Å². The van der Waals surface area contributed by atoms with Crippen molar-refractivity contribution in [2.75, 3.05) is 0 Å². The fourth-order valence-electron chi connectivity index (χ4n) is 2.43. The van der Waals surface area contributed by atoms with Crippen molar-refractivity contribution in [2.45, 2.75) is 13.8 Å². The van der Waals surface area contributed by atoms with Crippen LogP contribution < -0.4 is 5.43 Å². The van der Waals surface area contributed by atoms with Crippen molar-refractivity contribution in [2.24, 2.45) is 5.10 Å². The van der Waals surface area contributed by atoms with Crippen molar-refractivity contribution < 1.29 is 9.72 Å². The zero-order chi connectivity index (χ0) is 18.0. The first-order valence-electron chi connectivity index (χ1n) is 7.50. The molecule has 8 heteroatoms. The Morgan fingerprint density at radius 1 is 1.28 bits per heavy atom. The smallest absolute Gasteiger partial charge is 0.291 e. The molecule has 0 bridgehead atoms. The zero-order valence-electron chi connectivity index (χ0n) is 13.6. The van der Waals surface area contributed by atoms with Crippen LogP contribution in [0.3, 0.4) is 0 Å². The fraction of sp³-hybridized carbons (Fsp3) is 0.118. The van der Waals surface area contributed by atoms with Gasteiger partial charge in [0, 0.05) is 23.9 Å². The number of carbonyl (C=O) groups is 1. The summed E-state index contributed by atoms with van der Waals surface area (Å²) in [6, 6.07) is 11.6. The Kier molecular flexibility index (Phi) is 4.25. The van der Waals surface area contributed by atoms with E-state index in [1.807, 2.05) is 22.7 Å². The van der Waals surface area contributed by atoms with Gasteiger partial charge in [-0.25, -0.2) is 10.4 Å². The Balaban J connectivity index is 1.82. The first-order chi connectivity index (χ1) is 12.0. The second kappa shape index (κ2) is 6.52. The molecule has 0 saturated carbocycles. The molecule has 0 atom stereocenters. The second-order valence-corrected chi connectivity index (χ2v) is 5.42. The molecule has 0 aliphatic rings. The van der Waals surface area contributed by atoms with Crippen LogP contribution >= 0.6 is 0 Å². The van der Waals surface area contributed by atoms with Crippen LogP contribution in [-0.4, -0.2) is 25.9 Å². The monoisotopic (exact) mass is 337 g/mol. The van der Waals surface area contributed by atoms with Gasteiger partial charge in [-0.1, -0.05) is 18.2 Å². The van der Waals surface area contributed by atoms with Crippen molar-refractivity contribution in [1.82, 2.24) is 14.8 Å². The van der Waals surface area contributed by atoms with Crippen molar-refractivity contribution in [3.05, 3.63) is 75.7 Å². The van der Waals surface area contributed by atoms with E-state index in [4.69, 9.17) is 0 Å². The van der Waals surface area contributed by atoms with E-state index in [1.165, 1.54) is 12.1 Å². The summed E-state index contributed by atoms with van der Waals surface area (Å²) in [6.07, 6.45) is 1.83. The summed E-state index contributed by atoms with van der Waals surface area (Å²) in [5.74, 6) is -0.439. The minimum Gasteiger partial charge on any atom is -0.304 e. The molecule has 3 rings (SSSR count). The number of amides is 1. The van der Waals surface area contributed by atoms with Gasteiger partial charge >= 0.3 is 0 Å². The highest BCUT2D eigenvalue weighted by Crippen LogP contribution is 2.14. The molecular weight excluding hydrogens is 322 g/mol. The number of aromatic nitrogens is 2. The summed E-state index contributed by atoms with van der Waals surface area (Å²) in [5, 5.41) is 14.9. The van der Waals surface area contributed by atoms with Crippen LogP contribution in [0.4, 0.5) is 5.69 Å².